The van der Waals surface area contributed by atoms with Crippen LogP contribution < -0.4 is 9.47 Å². The molecule has 2 rings (SSSR count). The number of hydrogen-bond acceptors (Lipinski definition) is 4. The van der Waals surface area contributed by atoms with E-state index in [0.717, 1.165) is 29.9 Å². The maximum atomic E-state index is 10.8. The molecule has 1 saturated carbocycles. The van der Waals surface area contributed by atoms with Crippen LogP contribution in [0.2, 0.25) is 0 Å². The summed E-state index contributed by atoms with van der Waals surface area (Å²) in [6.07, 6.45) is 2.46. The monoisotopic (exact) mass is 279 g/mol. The van der Waals surface area contributed by atoms with Crippen LogP contribution in [0.5, 0.6) is 11.5 Å². The van der Waals surface area contributed by atoms with Crippen LogP contribution in [0.15, 0.2) is 18.2 Å². The number of benzene rings is 1. The highest BCUT2D eigenvalue weighted by molar-refractivity contribution is 5.66. The number of ether oxygens (including phenoxy) is 2. The van der Waals surface area contributed by atoms with E-state index in [1.165, 1.54) is 0 Å². The number of carbonyl (C=O) groups is 1. The fourth-order valence-electron chi connectivity index (χ4n) is 2.29. The van der Waals surface area contributed by atoms with E-state index in [9.17, 15) is 4.79 Å². The Labute approximate surface area is 119 Å². The Morgan fingerprint density at radius 1 is 1.35 bits per heavy atom. The first-order valence-electron chi connectivity index (χ1n) is 6.80. The fourth-order valence-corrected chi connectivity index (χ4v) is 2.29. The first kappa shape index (κ1) is 14.7. The molecule has 0 radical (unpaired) electrons. The van der Waals surface area contributed by atoms with Gasteiger partial charge in [-0.15, -0.1) is 0 Å². The van der Waals surface area contributed by atoms with Crippen LogP contribution in [0.25, 0.3) is 0 Å². The van der Waals surface area contributed by atoms with Crippen molar-refractivity contribution in [3.63, 3.8) is 0 Å². The molecule has 1 aliphatic carbocycles. The zero-order chi connectivity index (χ0) is 14.5. The number of rotatable bonds is 8. The van der Waals surface area contributed by atoms with Crippen LogP contribution in [0.1, 0.15) is 24.8 Å². The molecular formula is C15H21NO4. The Balaban J connectivity index is 2.10. The predicted molar refractivity (Wildman–Crippen MR) is 75.2 cm³/mol. The highest BCUT2D eigenvalue weighted by Gasteiger charge is 2.29. The minimum absolute atomic E-state index is 0.169. The van der Waals surface area contributed by atoms with Crippen molar-refractivity contribution in [3.8, 4) is 11.5 Å². The number of carboxylic acids is 1. The fraction of sp³-hybridized carbons (Fsp3) is 0.533. The summed E-state index contributed by atoms with van der Waals surface area (Å²) < 4.78 is 10.6. The van der Waals surface area contributed by atoms with E-state index in [1.54, 1.807) is 14.2 Å². The highest BCUT2D eigenvalue weighted by atomic mass is 16.5. The zero-order valence-electron chi connectivity index (χ0n) is 12.0. The topological polar surface area (TPSA) is 59.0 Å². The lowest BCUT2D eigenvalue weighted by molar-refractivity contribution is -0.137. The standard InChI is InChI=1S/C15H21NO4/c1-19-13-5-6-14(20-2)11(9-13)10-16(12-3-4-12)8-7-15(17)18/h5-6,9,12H,3-4,7-8,10H2,1-2H3,(H,17,18). The van der Waals surface area contributed by atoms with E-state index in [4.69, 9.17) is 14.6 Å². The molecule has 1 aliphatic rings. The molecule has 0 amide bonds. The molecule has 0 spiro atoms. The lowest BCUT2D eigenvalue weighted by Gasteiger charge is -2.22. The van der Waals surface area contributed by atoms with Gasteiger partial charge in [-0.05, 0) is 31.0 Å². The van der Waals surface area contributed by atoms with Gasteiger partial charge in [-0.25, -0.2) is 0 Å². The second kappa shape index (κ2) is 6.61. The van der Waals surface area contributed by atoms with Gasteiger partial charge in [0.1, 0.15) is 11.5 Å². The second-order valence-electron chi connectivity index (χ2n) is 5.02. The molecule has 0 unspecified atom stereocenters. The summed E-state index contributed by atoms with van der Waals surface area (Å²) in [5.41, 5.74) is 1.03. The highest BCUT2D eigenvalue weighted by Crippen LogP contribution is 2.31. The van der Waals surface area contributed by atoms with Crippen molar-refractivity contribution < 1.29 is 19.4 Å². The van der Waals surface area contributed by atoms with Gasteiger partial charge in [-0.2, -0.15) is 0 Å². The number of nitrogens with zero attached hydrogens (tertiary/aromatic N) is 1. The van der Waals surface area contributed by atoms with Gasteiger partial charge in [0.25, 0.3) is 0 Å². The molecule has 0 atom stereocenters. The molecule has 5 heteroatoms. The lowest BCUT2D eigenvalue weighted by atomic mass is 10.1. The summed E-state index contributed by atoms with van der Waals surface area (Å²) in [7, 11) is 3.28. The average Bonchev–Trinajstić information content (AvgIpc) is 3.27. The van der Waals surface area contributed by atoms with Crippen molar-refractivity contribution in [1.82, 2.24) is 4.90 Å². The molecule has 0 aromatic heterocycles. The van der Waals surface area contributed by atoms with Crippen molar-refractivity contribution in [2.45, 2.75) is 31.8 Å². The normalized spacial score (nSPS) is 14.3. The van der Waals surface area contributed by atoms with Crippen molar-refractivity contribution in [2.75, 3.05) is 20.8 Å². The predicted octanol–water partition coefficient (Wildman–Crippen LogP) is 2.14. The molecule has 5 nitrogen and oxygen atoms in total. The maximum absolute atomic E-state index is 10.8. The number of carboxylic acid groups (broad SMARTS) is 1. The maximum Gasteiger partial charge on any atom is 0.304 e. The first-order chi connectivity index (χ1) is 9.63. The third-order valence-electron chi connectivity index (χ3n) is 3.54. The van der Waals surface area contributed by atoms with Gasteiger partial charge in [0, 0.05) is 24.7 Å². The summed E-state index contributed by atoms with van der Waals surface area (Å²) in [5, 5.41) is 8.84. The Bertz CT molecular complexity index is 471. The summed E-state index contributed by atoms with van der Waals surface area (Å²) >= 11 is 0. The van der Waals surface area contributed by atoms with Crippen LogP contribution in [0.4, 0.5) is 0 Å². The molecule has 1 N–H and O–H groups in total. The quantitative estimate of drug-likeness (QED) is 0.790. The van der Waals surface area contributed by atoms with Crippen LogP contribution >= 0.6 is 0 Å². The van der Waals surface area contributed by atoms with Crippen molar-refractivity contribution in [2.24, 2.45) is 0 Å². The molecule has 1 fully saturated rings. The summed E-state index contributed by atoms with van der Waals surface area (Å²) in [6.45, 7) is 1.26. The van der Waals surface area contributed by atoms with E-state index in [2.05, 4.69) is 4.90 Å². The van der Waals surface area contributed by atoms with E-state index in [1.807, 2.05) is 18.2 Å². The Hall–Kier alpha value is -1.75. The Morgan fingerprint density at radius 3 is 2.65 bits per heavy atom. The Morgan fingerprint density at radius 2 is 2.10 bits per heavy atom. The molecule has 1 aromatic rings. The van der Waals surface area contributed by atoms with E-state index in [-0.39, 0.29) is 6.42 Å². The number of aliphatic carboxylic acids is 1. The molecular weight excluding hydrogens is 258 g/mol. The molecule has 20 heavy (non-hydrogen) atoms. The van der Waals surface area contributed by atoms with Crippen LogP contribution in [0.3, 0.4) is 0 Å². The molecule has 0 bridgehead atoms. The largest absolute Gasteiger partial charge is 0.497 e. The second-order valence-corrected chi connectivity index (χ2v) is 5.02. The van der Waals surface area contributed by atoms with Gasteiger partial charge in [0.15, 0.2) is 0 Å². The molecule has 110 valence electrons. The first-order valence-corrected chi connectivity index (χ1v) is 6.80. The van der Waals surface area contributed by atoms with Gasteiger partial charge >= 0.3 is 5.97 Å². The molecule has 0 aliphatic heterocycles. The van der Waals surface area contributed by atoms with Gasteiger partial charge in [0.05, 0.1) is 20.6 Å². The molecule has 0 heterocycles. The van der Waals surface area contributed by atoms with Crippen LogP contribution in [-0.4, -0.2) is 42.8 Å². The lowest BCUT2D eigenvalue weighted by Crippen LogP contribution is -2.28. The van der Waals surface area contributed by atoms with E-state index < -0.39 is 5.97 Å². The smallest absolute Gasteiger partial charge is 0.304 e. The number of methoxy groups -OCH3 is 2. The van der Waals surface area contributed by atoms with Gasteiger partial charge < -0.3 is 14.6 Å². The SMILES string of the molecule is COc1ccc(OC)c(CN(CCC(=O)O)C2CC2)c1. The van der Waals surface area contributed by atoms with Crippen molar-refractivity contribution in [1.29, 1.82) is 0 Å². The van der Waals surface area contributed by atoms with Crippen LogP contribution in [0, 0.1) is 0 Å². The van der Waals surface area contributed by atoms with Gasteiger partial charge in [-0.1, -0.05) is 0 Å². The number of hydrogen-bond donors (Lipinski definition) is 1. The zero-order valence-corrected chi connectivity index (χ0v) is 12.0. The minimum Gasteiger partial charge on any atom is -0.497 e. The minimum atomic E-state index is -0.756. The van der Waals surface area contributed by atoms with E-state index >= 15 is 0 Å². The average molecular weight is 279 g/mol. The van der Waals surface area contributed by atoms with E-state index in [0.29, 0.717) is 19.1 Å². The summed E-state index contributed by atoms with van der Waals surface area (Å²) in [6, 6.07) is 6.21. The third kappa shape index (κ3) is 3.87. The van der Waals surface area contributed by atoms with Crippen molar-refractivity contribution >= 4 is 5.97 Å². The van der Waals surface area contributed by atoms with Gasteiger partial charge in [0.2, 0.25) is 0 Å². The molecule has 1 aromatic carbocycles. The summed E-state index contributed by atoms with van der Waals surface area (Å²) in [5.74, 6) is 0.842. The summed E-state index contributed by atoms with van der Waals surface area (Å²) in [4.78, 5) is 13.0. The third-order valence-corrected chi connectivity index (χ3v) is 3.54. The van der Waals surface area contributed by atoms with Gasteiger partial charge in [-0.3, -0.25) is 9.69 Å². The van der Waals surface area contributed by atoms with Crippen molar-refractivity contribution in [3.05, 3.63) is 23.8 Å². The Kier molecular flexibility index (Phi) is 4.84. The van der Waals surface area contributed by atoms with Crippen LogP contribution in [-0.2, 0) is 11.3 Å². The molecule has 0 saturated heterocycles.